The van der Waals surface area contributed by atoms with E-state index in [0.717, 1.165) is 31.7 Å². The number of rotatable bonds is 4. The van der Waals surface area contributed by atoms with Crippen LogP contribution in [0, 0.1) is 6.92 Å². The second-order valence-electron chi connectivity index (χ2n) is 6.43. The molecule has 0 unspecified atom stereocenters. The number of carbonyl (C=O) groups is 1. The van der Waals surface area contributed by atoms with E-state index in [1.54, 1.807) is 30.4 Å². The van der Waals surface area contributed by atoms with Gasteiger partial charge in [-0.2, -0.15) is 0 Å². The van der Waals surface area contributed by atoms with Crippen LogP contribution >= 0.6 is 35.3 Å². The molecule has 131 valence electrons. The Morgan fingerprint density at radius 2 is 1.62 bits per heavy atom. The number of benzene rings is 1. The highest BCUT2D eigenvalue weighted by molar-refractivity contribution is 8.02. The van der Waals surface area contributed by atoms with E-state index in [0.29, 0.717) is 6.61 Å². The molecule has 1 radical (unpaired) electrons. The highest BCUT2D eigenvalue weighted by Crippen LogP contribution is 2.62. The molecular formula is C17H21O4S3. The van der Waals surface area contributed by atoms with Gasteiger partial charge in [-0.05, 0) is 47.1 Å². The fraction of sp³-hybridized carbons (Fsp3) is 0.529. The summed E-state index contributed by atoms with van der Waals surface area (Å²) >= 11 is 4.73. The summed E-state index contributed by atoms with van der Waals surface area (Å²) in [6.07, 6.45) is 0. The molecule has 1 aromatic rings. The molecule has 0 saturated carbocycles. The van der Waals surface area contributed by atoms with Gasteiger partial charge < -0.3 is 14.2 Å². The predicted molar refractivity (Wildman–Crippen MR) is 99.4 cm³/mol. The van der Waals surface area contributed by atoms with Crippen LogP contribution in [0.25, 0.3) is 0 Å². The fourth-order valence-corrected chi connectivity index (χ4v) is 5.82. The van der Waals surface area contributed by atoms with E-state index < -0.39 is 0 Å². The molecular weight excluding hydrogens is 364 g/mol. The number of hydrogen-bond acceptors (Lipinski definition) is 7. The molecule has 0 atom stereocenters. The van der Waals surface area contributed by atoms with Crippen LogP contribution < -0.4 is 9.47 Å². The van der Waals surface area contributed by atoms with Gasteiger partial charge in [-0.15, -0.1) is 11.8 Å². The molecule has 4 nitrogen and oxygen atoms in total. The molecule has 0 aliphatic carbocycles. The number of ether oxygens (including phenoxy) is 3. The van der Waals surface area contributed by atoms with Gasteiger partial charge in [0.05, 0.1) is 27.0 Å². The molecule has 0 bridgehead atoms. The third kappa shape index (κ3) is 3.35. The van der Waals surface area contributed by atoms with Gasteiger partial charge in [0.15, 0.2) is 21.4 Å². The number of thioether (sulfide) groups is 3. The van der Waals surface area contributed by atoms with Crippen molar-refractivity contribution in [3.63, 3.8) is 0 Å². The second-order valence-corrected chi connectivity index (χ2v) is 10.6. The number of carbonyl (C=O) groups excluding carboxylic acids is 1. The lowest BCUT2D eigenvalue weighted by atomic mass is 10.2. The Morgan fingerprint density at radius 3 is 2.08 bits per heavy atom. The smallest absolute Gasteiger partial charge is 0.316 e. The van der Waals surface area contributed by atoms with Crippen LogP contribution in [0.4, 0.5) is 0 Å². The summed E-state index contributed by atoms with van der Waals surface area (Å²) in [6.45, 7) is 14.6. The van der Waals surface area contributed by atoms with Crippen molar-refractivity contribution in [1.29, 1.82) is 0 Å². The van der Waals surface area contributed by atoms with Crippen LogP contribution in [0.1, 0.15) is 40.2 Å². The normalized spacial score (nSPS) is 19.2. The van der Waals surface area contributed by atoms with Gasteiger partial charge in [-0.25, -0.2) is 0 Å². The first kappa shape index (κ1) is 18.1. The molecule has 0 amide bonds. The van der Waals surface area contributed by atoms with Gasteiger partial charge >= 0.3 is 5.97 Å². The molecule has 0 fully saturated rings. The van der Waals surface area contributed by atoms with E-state index in [-0.39, 0.29) is 21.6 Å². The van der Waals surface area contributed by atoms with Crippen LogP contribution in [-0.4, -0.2) is 28.2 Å². The predicted octanol–water partition coefficient (Wildman–Crippen LogP) is 4.97. The molecule has 1 aromatic carbocycles. The topological polar surface area (TPSA) is 44.8 Å². The molecule has 0 N–H and O–H groups in total. The summed E-state index contributed by atoms with van der Waals surface area (Å²) in [7, 11) is 0. The zero-order chi connectivity index (χ0) is 17.7. The molecule has 2 aliphatic rings. The molecule has 2 heterocycles. The average Bonchev–Trinajstić information content (AvgIpc) is 2.95. The summed E-state index contributed by atoms with van der Waals surface area (Å²) in [5.41, 5.74) is 0.951. The van der Waals surface area contributed by atoms with E-state index in [9.17, 15) is 4.79 Å². The first-order valence-corrected chi connectivity index (χ1v) is 10.4. The lowest BCUT2D eigenvalue weighted by Crippen LogP contribution is -2.19. The van der Waals surface area contributed by atoms with Crippen molar-refractivity contribution in [1.82, 2.24) is 0 Å². The van der Waals surface area contributed by atoms with Gasteiger partial charge in [0, 0.05) is 0 Å². The molecule has 2 aliphatic heterocycles. The van der Waals surface area contributed by atoms with E-state index >= 15 is 0 Å². The lowest BCUT2D eigenvalue weighted by molar-refractivity contribution is -0.139. The standard InChI is InChI=1S/C17H21O4S3/c1-7-19-10(18)8-22-15-11-13(23-16(3,4)20-11)9(2)14-12(15)21-17(5,6)24-14/h2,7-8H2,1,3-6H3. The van der Waals surface area contributed by atoms with E-state index in [4.69, 9.17) is 14.2 Å². The molecule has 0 aromatic heterocycles. The zero-order valence-electron chi connectivity index (χ0n) is 14.5. The number of hydrogen-bond donors (Lipinski definition) is 0. The maximum Gasteiger partial charge on any atom is 0.316 e. The summed E-state index contributed by atoms with van der Waals surface area (Å²) in [6, 6.07) is 0. The van der Waals surface area contributed by atoms with E-state index in [2.05, 4.69) is 6.92 Å². The largest absolute Gasteiger partial charge is 0.474 e. The first-order valence-electron chi connectivity index (χ1n) is 7.74. The van der Waals surface area contributed by atoms with Gasteiger partial charge in [-0.1, -0.05) is 23.5 Å². The maximum absolute atomic E-state index is 11.8. The van der Waals surface area contributed by atoms with E-state index in [1.807, 2.05) is 27.7 Å². The highest BCUT2D eigenvalue weighted by atomic mass is 32.2. The molecule has 0 saturated heterocycles. The van der Waals surface area contributed by atoms with Crippen molar-refractivity contribution >= 4 is 41.3 Å². The third-order valence-electron chi connectivity index (χ3n) is 3.40. The molecule has 24 heavy (non-hydrogen) atoms. The Labute approximate surface area is 155 Å². The average molecular weight is 386 g/mol. The third-order valence-corrected chi connectivity index (χ3v) is 6.87. The Balaban J connectivity index is 2.03. The van der Waals surface area contributed by atoms with Gasteiger partial charge in [0.2, 0.25) is 0 Å². The minimum absolute atomic E-state index is 0.228. The monoisotopic (exact) mass is 385 g/mol. The Bertz CT molecular complexity index is 653. The lowest BCUT2D eigenvalue weighted by Gasteiger charge is -2.19. The Kier molecular flexibility index (Phi) is 4.73. The van der Waals surface area contributed by atoms with Crippen LogP contribution in [-0.2, 0) is 9.53 Å². The van der Waals surface area contributed by atoms with Crippen LogP contribution in [0.15, 0.2) is 14.7 Å². The summed E-state index contributed by atoms with van der Waals surface area (Å²) in [5.74, 6) is 1.55. The minimum atomic E-state index is -0.358. The van der Waals surface area contributed by atoms with Crippen LogP contribution in [0.2, 0.25) is 0 Å². The summed E-state index contributed by atoms with van der Waals surface area (Å²) in [5, 5.41) is 0. The number of esters is 1. The van der Waals surface area contributed by atoms with Crippen molar-refractivity contribution in [2.45, 2.75) is 59.2 Å². The van der Waals surface area contributed by atoms with Crippen molar-refractivity contribution in [3.05, 3.63) is 12.5 Å². The van der Waals surface area contributed by atoms with Gasteiger partial charge in [0.1, 0.15) is 0 Å². The first-order chi connectivity index (χ1) is 11.1. The zero-order valence-corrected chi connectivity index (χ0v) is 16.9. The van der Waals surface area contributed by atoms with Crippen LogP contribution in [0.3, 0.4) is 0 Å². The van der Waals surface area contributed by atoms with Gasteiger partial charge in [-0.3, -0.25) is 4.79 Å². The highest BCUT2D eigenvalue weighted by Gasteiger charge is 2.42. The Hall–Kier alpha value is -0.660. The SMILES string of the molecule is [CH2]c1c2c(c(SCC(=O)OCC)c3c1SC(C)(C)O3)OC(C)(C)S2. The van der Waals surface area contributed by atoms with Crippen molar-refractivity contribution < 1.29 is 19.0 Å². The van der Waals surface area contributed by atoms with E-state index in [1.165, 1.54) is 11.8 Å². The van der Waals surface area contributed by atoms with Crippen molar-refractivity contribution in [2.24, 2.45) is 0 Å². The quantitative estimate of drug-likeness (QED) is 0.536. The minimum Gasteiger partial charge on any atom is -0.474 e. The second kappa shape index (κ2) is 6.25. The summed E-state index contributed by atoms with van der Waals surface area (Å²) in [4.78, 5) is 14.0. The molecule has 0 spiro atoms. The van der Waals surface area contributed by atoms with Crippen molar-refractivity contribution in [2.75, 3.05) is 12.4 Å². The van der Waals surface area contributed by atoms with Crippen molar-refractivity contribution in [3.8, 4) is 11.5 Å². The number of fused-ring (bicyclic) bond motifs is 2. The van der Waals surface area contributed by atoms with Crippen LogP contribution in [0.5, 0.6) is 11.5 Å². The van der Waals surface area contributed by atoms with Gasteiger partial charge in [0.25, 0.3) is 0 Å². The molecule has 7 heteroatoms. The maximum atomic E-state index is 11.8. The summed E-state index contributed by atoms with van der Waals surface area (Å²) < 4.78 is 17.3. The Morgan fingerprint density at radius 1 is 1.12 bits per heavy atom. The molecule has 3 rings (SSSR count). The fourth-order valence-electron chi connectivity index (χ4n) is 2.58.